The van der Waals surface area contributed by atoms with Gasteiger partial charge in [-0.2, -0.15) is 0 Å². The van der Waals surface area contributed by atoms with Crippen LogP contribution in [0, 0.1) is 0 Å². The number of benzene rings is 8. The van der Waals surface area contributed by atoms with Crippen molar-refractivity contribution < 1.29 is 4.42 Å². The second-order valence-corrected chi connectivity index (χ2v) is 13.5. The summed E-state index contributed by atoms with van der Waals surface area (Å²) in [6.07, 6.45) is -0.380. The van der Waals surface area contributed by atoms with Crippen LogP contribution in [0.25, 0.3) is 71.0 Å². The highest BCUT2D eigenvalue weighted by molar-refractivity contribution is 6.17. The number of furan rings is 1. The number of aromatic nitrogens is 1. The fourth-order valence-electron chi connectivity index (χ4n) is 7.92. The van der Waals surface area contributed by atoms with Gasteiger partial charge in [-0.05, 0) is 58.6 Å². The monoisotopic (exact) mass is 666 g/mol. The smallest absolute Gasteiger partial charge is 0.159 e. The standard InChI is InChI=1S/C47H30N4O/c1-2-12-29(13-3-1)45-48-46(33-22-23-38-37-19-9-11-21-43(37)52-44(38)28-33)50-47(49-45)34-24-32-16-6-7-17-35(32)41(27-34)51-40-20-10-8-18-36(40)39-25-30-14-4-5-15-31(30)26-42(39)51/h1-28,46H,(H,48,49,50). The third-order valence-electron chi connectivity index (χ3n) is 10.4. The van der Waals surface area contributed by atoms with Gasteiger partial charge in [0.25, 0.3) is 0 Å². The number of nitrogens with zero attached hydrogens (tertiary/aromatic N) is 3. The van der Waals surface area contributed by atoms with E-state index in [0.29, 0.717) is 5.84 Å². The predicted octanol–water partition coefficient (Wildman–Crippen LogP) is 11.5. The molecule has 3 heterocycles. The molecule has 1 N–H and O–H groups in total. The normalized spacial score (nSPS) is 14.7. The molecule has 52 heavy (non-hydrogen) atoms. The van der Waals surface area contributed by atoms with Gasteiger partial charge >= 0.3 is 0 Å². The van der Waals surface area contributed by atoms with Crippen LogP contribution in [0.2, 0.25) is 0 Å². The summed E-state index contributed by atoms with van der Waals surface area (Å²) < 4.78 is 8.72. The quantitative estimate of drug-likeness (QED) is 0.203. The van der Waals surface area contributed by atoms with Crippen LogP contribution in [-0.4, -0.2) is 16.2 Å². The van der Waals surface area contributed by atoms with Gasteiger partial charge in [0, 0.05) is 43.6 Å². The van der Waals surface area contributed by atoms with Crippen LogP contribution in [0.3, 0.4) is 0 Å². The van der Waals surface area contributed by atoms with Crippen LogP contribution in [0.15, 0.2) is 184 Å². The van der Waals surface area contributed by atoms with Crippen molar-refractivity contribution in [3.63, 3.8) is 0 Å². The Morgan fingerprint density at radius 1 is 0.481 bits per heavy atom. The Kier molecular flexibility index (Phi) is 6.25. The van der Waals surface area contributed by atoms with Crippen molar-refractivity contribution in [1.29, 1.82) is 0 Å². The topological polar surface area (TPSA) is 54.8 Å². The van der Waals surface area contributed by atoms with Crippen molar-refractivity contribution in [3.8, 4) is 5.69 Å². The van der Waals surface area contributed by atoms with E-state index in [1.165, 1.54) is 32.4 Å². The van der Waals surface area contributed by atoms with E-state index in [2.05, 4.69) is 143 Å². The minimum atomic E-state index is -0.380. The van der Waals surface area contributed by atoms with Crippen LogP contribution < -0.4 is 5.32 Å². The van der Waals surface area contributed by atoms with Crippen LogP contribution in [0.4, 0.5) is 0 Å². The average Bonchev–Trinajstić information content (AvgIpc) is 3.74. The second kappa shape index (κ2) is 11.3. The largest absolute Gasteiger partial charge is 0.456 e. The molecule has 5 nitrogen and oxygen atoms in total. The summed E-state index contributed by atoms with van der Waals surface area (Å²) in [4.78, 5) is 10.4. The third-order valence-corrected chi connectivity index (χ3v) is 10.4. The Morgan fingerprint density at radius 2 is 1.17 bits per heavy atom. The highest BCUT2D eigenvalue weighted by atomic mass is 16.3. The van der Waals surface area contributed by atoms with Gasteiger partial charge in [0.15, 0.2) is 5.84 Å². The zero-order chi connectivity index (χ0) is 34.2. The van der Waals surface area contributed by atoms with Crippen molar-refractivity contribution in [1.82, 2.24) is 9.88 Å². The molecule has 0 bridgehead atoms. The molecule has 0 aliphatic carbocycles. The van der Waals surface area contributed by atoms with E-state index in [1.807, 2.05) is 36.4 Å². The first-order valence-corrected chi connectivity index (χ1v) is 17.6. The summed E-state index contributed by atoms with van der Waals surface area (Å²) in [6.45, 7) is 0. The summed E-state index contributed by atoms with van der Waals surface area (Å²) in [7, 11) is 0. The molecule has 0 fully saturated rings. The molecule has 0 radical (unpaired) electrons. The molecule has 0 saturated carbocycles. The molecule has 244 valence electrons. The van der Waals surface area contributed by atoms with Gasteiger partial charge in [0.05, 0.1) is 16.7 Å². The van der Waals surface area contributed by atoms with Crippen molar-refractivity contribution in [2.75, 3.05) is 0 Å². The van der Waals surface area contributed by atoms with Crippen LogP contribution in [0.5, 0.6) is 0 Å². The average molecular weight is 667 g/mol. The molecule has 2 aromatic heterocycles. The molecule has 1 atom stereocenters. The molecular formula is C47H30N4O. The summed E-state index contributed by atoms with van der Waals surface area (Å²) in [6, 6.07) is 59.9. The van der Waals surface area contributed by atoms with Crippen LogP contribution >= 0.6 is 0 Å². The SMILES string of the molecule is c1ccc(C2=NC(c3ccc4c(c3)oc3ccccc34)NC(c3cc(-n4c5ccccc5c5cc6ccccc6cc54)c4ccccc4c3)=N2)cc1. The maximum absolute atomic E-state index is 6.30. The Morgan fingerprint density at radius 3 is 2.04 bits per heavy atom. The zero-order valence-corrected chi connectivity index (χ0v) is 28.0. The summed E-state index contributed by atoms with van der Waals surface area (Å²) in [5.74, 6) is 1.45. The van der Waals surface area contributed by atoms with E-state index < -0.39 is 0 Å². The molecule has 10 aromatic rings. The van der Waals surface area contributed by atoms with E-state index in [-0.39, 0.29) is 6.17 Å². The highest BCUT2D eigenvalue weighted by Crippen LogP contribution is 2.38. The Hall–Kier alpha value is -6.98. The molecule has 8 aromatic carbocycles. The maximum atomic E-state index is 6.30. The predicted molar refractivity (Wildman–Crippen MR) is 215 cm³/mol. The Labute approximate surface area is 298 Å². The first-order chi connectivity index (χ1) is 25.7. The number of amidine groups is 2. The molecule has 0 spiro atoms. The maximum Gasteiger partial charge on any atom is 0.159 e. The fraction of sp³-hybridized carbons (Fsp3) is 0.0213. The minimum absolute atomic E-state index is 0.380. The number of para-hydroxylation sites is 2. The van der Waals surface area contributed by atoms with Gasteiger partial charge in [-0.1, -0.05) is 127 Å². The van der Waals surface area contributed by atoms with Crippen molar-refractivity contribution >= 4 is 77.0 Å². The first kappa shape index (κ1) is 28.8. The Bertz CT molecular complexity index is 3110. The van der Waals surface area contributed by atoms with E-state index in [1.54, 1.807) is 0 Å². The van der Waals surface area contributed by atoms with Crippen LogP contribution in [-0.2, 0) is 0 Å². The molecular weight excluding hydrogens is 637 g/mol. The number of aliphatic imine (C=N–C) groups is 2. The van der Waals surface area contributed by atoms with E-state index in [4.69, 9.17) is 14.4 Å². The molecule has 1 unspecified atom stereocenters. The van der Waals surface area contributed by atoms with Crippen molar-refractivity contribution in [2.45, 2.75) is 6.17 Å². The molecule has 1 aliphatic heterocycles. The summed E-state index contributed by atoms with van der Waals surface area (Å²) >= 11 is 0. The van der Waals surface area contributed by atoms with Crippen molar-refractivity contribution in [3.05, 3.63) is 187 Å². The van der Waals surface area contributed by atoms with E-state index >= 15 is 0 Å². The zero-order valence-electron chi connectivity index (χ0n) is 28.0. The first-order valence-electron chi connectivity index (χ1n) is 17.6. The minimum Gasteiger partial charge on any atom is -0.456 e. The summed E-state index contributed by atoms with van der Waals surface area (Å²) in [5.41, 5.74) is 8.11. The van der Waals surface area contributed by atoms with Gasteiger partial charge in [-0.25, -0.2) is 9.98 Å². The lowest BCUT2D eigenvalue weighted by atomic mass is 10.0. The lowest BCUT2D eigenvalue weighted by molar-refractivity contribution is 0.655. The number of fused-ring (bicyclic) bond motifs is 8. The molecule has 11 rings (SSSR count). The summed E-state index contributed by atoms with van der Waals surface area (Å²) in [5, 5.41) is 13.1. The Balaban J connectivity index is 1.12. The number of rotatable bonds is 4. The molecule has 5 heteroatoms. The number of hydrogen-bond donors (Lipinski definition) is 1. The van der Waals surface area contributed by atoms with Gasteiger partial charge in [-0.15, -0.1) is 0 Å². The van der Waals surface area contributed by atoms with Crippen LogP contribution in [0.1, 0.15) is 22.9 Å². The number of nitrogens with one attached hydrogen (secondary N) is 1. The van der Waals surface area contributed by atoms with E-state index in [9.17, 15) is 0 Å². The molecule has 0 saturated heterocycles. The van der Waals surface area contributed by atoms with E-state index in [0.717, 1.165) is 61.1 Å². The van der Waals surface area contributed by atoms with Gasteiger partial charge < -0.3 is 14.3 Å². The van der Waals surface area contributed by atoms with Gasteiger partial charge in [0.1, 0.15) is 23.2 Å². The van der Waals surface area contributed by atoms with Gasteiger partial charge in [-0.3, -0.25) is 0 Å². The van der Waals surface area contributed by atoms with Gasteiger partial charge in [0.2, 0.25) is 0 Å². The third kappa shape index (κ3) is 4.49. The molecule has 0 amide bonds. The fourth-order valence-corrected chi connectivity index (χ4v) is 7.92. The number of hydrogen-bond acceptors (Lipinski definition) is 4. The lowest BCUT2D eigenvalue weighted by Crippen LogP contribution is -2.33. The second-order valence-electron chi connectivity index (χ2n) is 13.5. The van der Waals surface area contributed by atoms with Crippen molar-refractivity contribution in [2.24, 2.45) is 9.98 Å². The lowest BCUT2D eigenvalue weighted by Gasteiger charge is -2.24. The molecule has 1 aliphatic rings. The highest BCUT2D eigenvalue weighted by Gasteiger charge is 2.24.